The standard InChI is InChI=1S/C11H8N2O/c1-8(14)9-2-4-13-5-3-10(7-12)11(13)6-9/h2-6H,1H3. The third-order valence-corrected chi connectivity index (χ3v) is 2.19. The van der Waals surface area contributed by atoms with Crippen LogP contribution in [0.2, 0.25) is 0 Å². The van der Waals surface area contributed by atoms with Crippen molar-refractivity contribution < 1.29 is 4.79 Å². The zero-order valence-corrected chi connectivity index (χ0v) is 7.69. The minimum atomic E-state index is 0.0117. The Morgan fingerprint density at radius 3 is 2.79 bits per heavy atom. The van der Waals surface area contributed by atoms with Gasteiger partial charge >= 0.3 is 0 Å². The Balaban J connectivity index is 2.75. The third kappa shape index (κ3) is 1.17. The van der Waals surface area contributed by atoms with Gasteiger partial charge in [-0.15, -0.1) is 0 Å². The summed E-state index contributed by atoms with van der Waals surface area (Å²) in [6.45, 7) is 1.51. The Morgan fingerprint density at radius 2 is 2.14 bits per heavy atom. The first-order valence-corrected chi connectivity index (χ1v) is 4.24. The molecular formula is C11H8N2O. The highest BCUT2D eigenvalue weighted by molar-refractivity contribution is 5.95. The monoisotopic (exact) mass is 184 g/mol. The van der Waals surface area contributed by atoms with Crippen LogP contribution >= 0.6 is 0 Å². The Hall–Kier alpha value is -2.08. The predicted molar refractivity (Wildman–Crippen MR) is 52.1 cm³/mol. The first-order valence-electron chi connectivity index (χ1n) is 4.24. The summed E-state index contributed by atoms with van der Waals surface area (Å²) in [4.78, 5) is 11.1. The second-order valence-electron chi connectivity index (χ2n) is 3.11. The summed E-state index contributed by atoms with van der Waals surface area (Å²) in [6, 6.07) is 7.30. The van der Waals surface area contributed by atoms with Gasteiger partial charge in [-0.2, -0.15) is 5.26 Å². The summed E-state index contributed by atoms with van der Waals surface area (Å²) in [6.07, 6.45) is 3.59. The van der Waals surface area contributed by atoms with Crippen LogP contribution in [0.5, 0.6) is 0 Å². The molecule has 0 fully saturated rings. The van der Waals surface area contributed by atoms with E-state index in [2.05, 4.69) is 6.07 Å². The lowest BCUT2D eigenvalue weighted by molar-refractivity contribution is 0.101. The number of hydrogen-bond acceptors (Lipinski definition) is 2. The molecule has 0 saturated heterocycles. The van der Waals surface area contributed by atoms with Gasteiger partial charge in [-0.3, -0.25) is 4.79 Å². The fraction of sp³-hybridized carbons (Fsp3) is 0.0909. The smallest absolute Gasteiger partial charge is 0.159 e. The normalized spacial score (nSPS) is 10.0. The predicted octanol–water partition coefficient (Wildman–Crippen LogP) is 2.01. The third-order valence-electron chi connectivity index (χ3n) is 2.19. The molecule has 2 aromatic heterocycles. The number of rotatable bonds is 1. The highest BCUT2D eigenvalue weighted by Gasteiger charge is 2.04. The number of carbonyl (C=O) groups excluding carboxylic acids is 1. The van der Waals surface area contributed by atoms with Crippen LogP contribution in [-0.4, -0.2) is 10.2 Å². The first-order chi connectivity index (χ1) is 6.72. The number of nitriles is 1. The molecule has 0 aromatic carbocycles. The molecule has 3 heteroatoms. The van der Waals surface area contributed by atoms with Crippen molar-refractivity contribution in [2.24, 2.45) is 0 Å². The molecule has 2 aromatic rings. The van der Waals surface area contributed by atoms with Gasteiger partial charge in [0.1, 0.15) is 6.07 Å². The number of pyridine rings is 1. The Labute approximate surface area is 81.2 Å². The highest BCUT2D eigenvalue weighted by Crippen LogP contribution is 2.13. The van der Waals surface area contributed by atoms with Crippen LogP contribution in [0.1, 0.15) is 22.8 Å². The Kier molecular flexibility index (Phi) is 1.83. The van der Waals surface area contributed by atoms with Crippen LogP contribution in [0.3, 0.4) is 0 Å². The van der Waals surface area contributed by atoms with Gasteiger partial charge in [0, 0.05) is 18.0 Å². The molecule has 0 aliphatic heterocycles. The van der Waals surface area contributed by atoms with Gasteiger partial charge < -0.3 is 4.40 Å². The maximum absolute atomic E-state index is 11.1. The van der Waals surface area contributed by atoms with Gasteiger partial charge in [0.2, 0.25) is 0 Å². The van der Waals surface area contributed by atoms with E-state index in [4.69, 9.17) is 5.26 Å². The second kappa shape index (κ2) is 3.00. The number of hydrogen-bond donors (Lipinski definition) is 0. The number of fused-ring (bicyclic) bond motifs is 1. The molecule has 0 saturated carbocycles. The van der Waals surface area contributed by atoms with Crippen molar-refractivity contribution in [2.45, 2.75) is 6.92 Å². The van der Waals surface area contributed by atoms with Crippen LogP contribution in [0, 0.1) is 11.3 Å². The van der Waals surface area contributed by atoms with Crippen molar-refractivity contribution in [1.82, 2.24) is 4.40 Å². The van der Waals surface area contributed by atoms with Crippen molar-refractivity contribution in [3.63, 3.8) is 0 Å². The Morgan fingerprint density at radius 1 is 1.43 bits per heavy atom. The minimum Gasteiger partial charge on any atom is -0.322 e. The van der Waals surface area contributed by atoms with E-state index < -0.39 is 0 Å². The summed E-state index contributed by atoms with van der Waals surface area (Å²) in [5.74, 6) is 0.0117. The summed E-state index contributed by atoms with van der Waals surface area (Å²) in [5, 5.41) is 8.81. The largest absolute Gasteiger partial charge is 0.322 e. The van der Waals surface area contributed by atoms with E-state index in [9.17, 15) is 4.79 Å². The molecule has 0 amide bonds. The summed E-state index contributed by atoms with van der Waals surface area (Å²) in [5.41, 5.74) is 2.00. The van der Waals surface area contributed by atoms with Crippen LogP contribution in [-0.2, 0) is 0 Å². The molecule has 0 atom stereocenters. The van der Waals surface area contributed by atoms with Gasteiger partial charge in [0.25, 0.3) is 0 Å². The summed E-state index contributed by atoms with van der Waals surface area (Å²) < 4.78 is 1.82. The van der Waals surface area contributed by atoms with Crippen molar-refractivity contribution in [2.75, 3.05) is 0 Å². The number of Topliss-reactive ketones (excluding diaryl/α,β-unsaturated/α-hetero) is 1. The average molecular weight is 184 g/mol. The molecular weight excluding hydrogens is 176 g/mol. The Bertz CT molecular complexity index is 546. The van der Waals surface area contributed by atoms with Crippen LogP contribution < -0.4 is 0 Å². The first kappa shape index (κ1) is 8.52. The molecule has 0 unspecified atom stereocenters. The highest BCUT2D eigenvalue weighted by atomic mass is 16.1. The molecule has 2 rings (SSSR count). The summed E-state index contributed by atoms with van der Waals surface area (Å²) in [7, 11) is 0. The second-order valence-corrected chi connectivity index (χ2v) is 3.11. The topological polar surface area (TPSA) is 45.3 Å². The van der Waals surface area contributed by atoms with Gasteiger partial charge in [-0.05, 0) is 25.1 Å². The molecule has 2 heterocycles. The average Bonchev–Trinajstić information content (AvgIpc) is 2.59. The molecule has 0 aliphatic carbocycles. The van der Waals surface area contributed by atoms with Crippen LogP contribution in [0.15, 0.2) is 30.6 Å². The fourth-order valence-corrected chi connectivity index (χ4v) is 1.41. The molecule has 0 spiro atoms. The van der Waals surface area contributed by atoms with Crippen LogP contribution in [0.25, 0.3) is 5.52 Å². The zero-order valence-electron chi connectivity index (χ0n) is 7.69. The van der Waals surface area contributed by atoms with Gasteiger partial charge in [0.15, 0.2) is 5.78 Å². The lowest BCUT2D eigenvalue weighted by Crippen LogP contribution is -1.93. The van der Waals surface area contributed by atoms with Crippen molar-refractivity contribution in [3.8, 4) is 6.07 Å². The summed E-state index contributed by atoms with van der Waals surface area (Å²) >= 11 is 0. The maximum atomic E-state index is 11.1. The molecule has 0 N–H and O–H groups in total. The van der Waals surface area contributed by atoms with Gasteiger partial charge in [-0.25, -0.2) is 0 Å². The van der Waals surface area contributed by atoms with E-state index in [0.29, 0.717) is 11.1 Å². The number of nitrogens with zero attached hydrogens (tertiary/aromatic N) is 2. The lowest BCUT2D eigenvalue weighted by atomic mass is 10.1. The van der Waals surface area contributed by atoms with E-state index in [0.717, 1.165) is 5.52 Å². The molecule has 0 radical (unpaired) electrons. The molecule has 68 valence electrons. The van der Waals surface area contributed by atoms with Crippen molar-refractivity contribution in [1.29, 1.82) is 5.26 Å². The number of aromatic nitrogens is 1. The number of carbonyl (C=O) groups is 1. The zero-order chi connectivity index (χ0) is 10.1. The SMILES string of the molecule is CC(=O)c1ccn2ccc(C#N)c2c1. The van der Waals surface area contributed by atoms with Crippen LogP contribution in [0.4, 0.5) is 0 Å². The van der Waals surface area contributed by atoms with E-state index in [1.807, 2.05) is 4.40 Å². The maximum Gasteiger partial charge on any atom is 0.159 e. The van der Waals surface area contributed by atoms with E-state index in [1.165, 1.54) is 6.92 Å². The van der Waals surface area contributed by atoms with E-state index >= 15 is 0 Å². The fourth-order valence-electron chi connectivity index (χ4n) is 1.41. The van der Waals surface area contributed by atoms with Gasteiger partial charge in [0.05, 0.1) is 11.1 Å². The lowest BCUT2D eigenvalue weighted by Gasteiger charge is -1.98. The quantitative estimate of drug-likeness (QED) is 0.636. The van der Waals surface area contributed by atoms with Crippen molar-refractivity contribution in [3.05, 3.63) is 41.7 Å². The van der Waals surface area contributed by atoms with Gasteiger partial charge in [-0.1, -0.05) is 0 Å². The minimum absolute atomic E-state index is 0.0117. The molecule has 0 bridgehead atoms. The van der Waals surface area contributed by atoms with Crippen molar-refractivity contribution >= 4 is 11.3 Å². The molecule has 3 nitrogen and oxygen atoms in total. The van der Waals surface area contributed by atoms with E-state index in [-0.39, 0.29) is 5.78 Å². The number of ketones is 1. The molecule has 0 aliphatic rings. The molecule has 14 heavy (non-hydrogen) atoms. The van der Waals surface area contributed by atoms with E-state index in [1.54, 1.807) is 30.6 Å².